The summed E-state index contributed by atoms with van der Waals surface area (Å²) in [6, 6.07) is 2.09. The molecular formula is C13H15NO3. The van der Waals surface area contributed by atoms with Gasteiger partial charge in [-0.05, 0) is 26.2 Å². The van der Waals surface area contributed by atoms with Crippen molar-refractivity contribution in [2.75, 3.05) is 0 Å². The summed E-state index contributed by atoms with van der Waals surface area (Å²) in [6.45, 7) is 3.29. The molecule has 90 valence electrons. The highest BCUT2D eigenvalue weighted by atomic mass is 16.4. The average Bonchev–Trinajstić information content (AvgIpc) is 3.04. The number of carbonyl (C=O) groups is 1. The minimum absolute atomic E-state index is 0.437. The zero-order valence-corrected chi connectivity index (χ0v) is 9.95. The third-order valence-electron chi connectivity index (χ3n) is 3.04. The summed E-state index contributed by atoms with van der Waals surface area (Å²) in [5, 5.41) is 27.7. The van der Waals surface area contributed by atoms with E-state index in [0.29, 0.717) is 24.8 Å². The van der Waals surface area contributed by atoms with Gasteiger partial charge in [0, 0.05) is 11.6 Å². The molecule has 1 aliphatic carbocycles. The molecule has 0 unspecified atom stereocenters. The van der Waals surface area contributed by atoms with Crippen molar-refractivity contribution in [2.45, 2.75) is 38.7 Å². The maximum Gasteiger partial charge on any atom is 0.329 e. The van der Waals surface area contributed by atoms with E-state index in [2.05, 4.69) is 17.9 Å². The summed E-state index contributed by atoms with van der Waals surface area (Å²) in [5.41, 5.74) is -1.72. The molecule has 0 aromatic carbocycles. The van der Waals surface area contributed by atoms with Gasteiger partial charge in [0.05, 0.1) is 11.5 Å². The van der Waals surface area contributed by atoms with Gasteiger partial charge in [0.15, 0.2) is 0 Å². The first kappa shape index (κ1) is 13.3. The van der Waals surface area contributed by atoms with Gasteiger partial charge >= 0.3 is 5.97 Å². The molecule has 1 rings (SSSR count). The van der Waals surface area contributed by atoms with E-state index >= 15 is 0 Å². The van der Waals surface area contributed by atoms with E-state index in [9.17, 15) is 9.90 Å². The lowest BCUT2D eigenvalue weighted by atomic mass is 9.87. The molecule has 0 aromatic rings. The summed E-state index contributed by atoms with van der Waals surface area (Å²) in [7, 11) is 0. The van der Waals surface area contributed by atoms with Crippen molar-refractivity contribution in [1.29, 1.82) is 5.26 Å². The van der Waals surface area contributed by atoms with Crippen LogP contribution >= 0.6 is 0 Å². The molecule has 0 spiro atoms. The maximum atomic E-state index is 10.5. The van der Waals surface area contributed by atoms with Crippen LogP contribution in [-0.2, 0) is 4.79 Å². The summed E-state index contributed by atoms with van der Waals surface area (Å²) >= 11 is 0. The second-order valence-electron chi connectivity index (χ2n) is 4.38. The highest BCUT2D eigenvalue weighted by Crippen LogP contribution is 2.53. The van der Waals surface area contributed by atoms with Crippen molar-refractivity contribution in [3.05, 3.63) is 11.6 Å². The molecule has 1 atom stereocenters. The number of rotatable bonds is 3. The topological polar surface area (TPSA) is 81.3 Å². The van der Waals surface area contributed by atoms with Crippen LogP contribution in [0.15, 0.2) is 11.6 Å². The smallest absolute Gasteiger partial charge is 0.329 e. The Kier molecular flexibility index (Phi) is 3.60. The van der Waals surface area contributed by atoms with Gasteiger partial charge in [0.2, 0.25) is 0 Å². The number of hydrogen-bond acceptors (Lipinski definition) is 3. The second-order valence-corrected chi connectivity index (χ2v) is 4.38. The molecule has 0 aromatic heterocycles. The molecule has 4 nitrogen and oxygen atoms in total. The molecule has 0 heterocycles. The first-order chi connectivity index (χ1) is 7.87. The Bertz CT molecular complexity index is 453. The Balaban J connectivity index is 2.92. The summed E-state index contributed by atoms with van der Waals surface area (Å²) in [6.07, 6.45) is 2.77. The lowest BCUT2D eigenvalue weighted by molar-refractivity contribution is -0.131. The Hall–Kier alpha value is -1.78. The quantitative estimate of drug-likeness (QED) is 0.571. The second kappa shape index (κ2) is 4.61. The van der Waals surface area contributed by atoms with Crippen molar-refractivity contribution < 1.29 is 15.0 Å². The molecule has 0 saturated heterocycles. The van der Waals surface area contributed by atoms with E-state index in [0.717, 1.165) is 6.08 Å². The van der Waals surface area contributed by atoms with Crippen molar-refractivity contribution in [1.82, 2.24) is 0 Å². The number of nitriles is 1. The van der Waals surface area contributed by atoms with Crippen LogP contribution in [-0.4, -0.2) is 21.8 Å². The van der Waals surface area contributed by atoms with E-state index in [4.69, 9.17) is 10.4 Å². The number of allylic oxidation sites excluding steroid dienone is 1. The van der Waals surface area contributed by atoms with Crippen molar-refractivity contribution in [3.63, 3.8) is 0 Å². The molecule has 17 heavy (non-hydrogen) atoms. The fraction of sp³-hybridized carbons (Fsp3) is 0.538. The highest BCUT2D eigenvalue weighted by molar-refractivity contribution is 5.81. The Morgan fingerprint density at radius 1 is 1.59 bits per heavy atom. The molecule has 0 amide bonds. The molecule has 1 fully saturated rings. The first-order valence-corrected chi connectivity index (χ1v) is 5.47. The number of aliphatic carboxylic acids is 1. The van der Waals surface area contributed by atoms with Crippen LogP contribution in [0.5, 0.6) is 0 Å². The van der Waals surface area contributed by atoms with Gasteiger partial charge in [-0.1, -0.05) is 18.8 Å². The fourth-order valence-electron chi connectivity index (χ4n) is 1.53. The van der Waals surface area contributed by atoms with Crippen molar-refractivity contribution >= 4 is 5.97 Å². The Morgan fingerprint density at radius 2 is 2.18 bits per heavy atom. The number of carboxylic acid groups (broad SMARTS) is 1. The largest absolute Gasteiger partial charge is 0.478 e. The van der Waals surface area contributed by atoms with Crippen molar-refractivity contribution in [3.8, 4) is 17.9 Å². The molecule has 1 aliphatic rings. The lowest BCUT2D eigenvalue weighted by Gasteiger charge is -2.21. The van der Waals surface area contributed by atoms with E-state index in [1.54, 1.807) is 6.92 Å². The van der Waals surface area contributed by atoms with Gasteiger partial charge in [-0.15, -0.1) is 0 Å². The van der Waals surface area contributed by atoms with Gasteiger partial charge in [-0.3, -0.25) is 0 Å². The summed E-state index contributed by atoms with van der Waals surface area (Å²) < 4.78 is 0. The predicted molar refractivity (Wildman–Crippen MR) is 61.7 cm³/mol. The zero-order valence-electron chi connectivity index (χ0n) is 9.95. The molecule has 2 N–H and O–H groups in total. The number of hydrogen-bond donors (Lipinski definition) is 2. The third-order valence-corrected chi connectivity index (χ3v) is 3.04. The molecule has 4 heteroatoms. The van der Waals surface area contributed by atoms with Crippen LogP contribution in [0.1, 0.15) is 33.1 Å². The van der Waals surface area contributed by atoms with Crippen LogP contribution in [0.25, 0.3) is 0 Å². The van der Waals surface area contributed by atoms with Gasteiger partial charge in [0.25, 0.3) is 0 Å². The first-order valence-electron chi connectivity index (χ1n) is 5.47. The predicted octanol–water partition coefficient (Wildman–Crippen LogP) is 1.47. The molecule has 1 saturated carbocycles. The van der Waals surface area contributed by atoms with Crippen LogP contribution in [0.4, 0.5) is 0 Å². The zero-order chi connectivity index (χ0) is 13.1. The summed E-state index contributed by atoms with van der Waals surface area (Å²) in [5.74, 6) is 4.21. The normalized spacial score (nSPS) is 20.5. The SMILES string of the molecule is CC/C(C#C[C@](C)(O)C1(C#N)CC1)=C/C(=O)O. The maximum absolute atomic E-state index is 10.5. The van der Waals surface area contributed by atoms with E-state index in [1.165, 1.54) is 6.92 Å². The van der Waals surface area contributed by atoms with Crippen LogP contribution < -0.4 is 0 Å². The Morgan fingerprint density at radius 3 is 2.53 bits per heavy atom. The van der Waals surface area contributed by atoms with Crippen LogP contribution in [0, 0.1) is 28.6 Å². The van der Waals surface area contributed by atoms with Gasteiger partial charge < -0.3 is 10.2 Å². The number of nitrogens with zero attached hydrogens (tertiary/aromatic N) is 1. The van der Waals surface area contributed by atoms with Crippen LogP contribution in [0.2, 0.25) is 0 Å². The minimum Gasteiger partial charge on any atom is -0.478 e. The molecule has 0 aliphatic heterocycles. The van der Waals surface area contributed by atoms with Crippen LogP contribution in [0.3, 0.4) is 0 Å². The monoisotopic (exact) mass is 233 g/mol. The van der Waals surface area contributed by atoms with E-state index < -0.39 is 17.0 Å². The third kappa shape index (κ3) is 2.87. The van der Waals surface area contributed by atoms with E-state index in [-0.39, 0.29) is 0 Å². The average molecular weight is 233 g/mol. The fourth-order valence-corrected chi connectivity index (χ4v) is 1.53. The highest BCUT2D eigenvalue weighted by Gasteiger charge is 2.56. The molecule has 0 radical (unpaired) electrons. The van der Waals surface area contributed by atoms with Gasteiger partial charge in [-0.25, -0.2) is 4.79 Å². The van der Waals surface area contributed by atoms with Crippen molar-refractivity contribution in [2.24, 2.45) is 5.41 Å². The molecular weight excluding hydrogens is 218 g/mol. The lowest BCUT2D eigenvalue weighted by Crippen LogP contribution is -2.33. The van der Waals surface area contributed by atoms with Gasteiger partial charge in [0.1, 0.15) is 5.60 Å². The van der Waals surface area contributed by atoms with Gasteiger partial charge in [-0.2, -0.15) is 5.26 Å². The molecule has 0 bridgehead atoms. The van der Waals surface area contributed by atoms with E-state index in [1.807, 2.05) is 0 Å². The Labute approximate surface area is 101 Å². The number of carboxylic acids is 1. The summed E-state index contributed by atoms with van der Waals surface area (Å²) in [4.78, 5) is 10.5. The number of aliphatic hydroxyl groups is 1. The minimum atomic E-state index is -1.38. The standard InChI is InChI=1S/C13H15NO3/c1-3-10(8-11(15)16)4-5-12(2,17)13(9-14)6-7-13/h8,17H,3,6-7H2,1-2H3,(H,15,16)/b10-8-/t12-/m0/s1.